The number of carbonyl (C=O) groups excluding carboxylic acids is 2. The van der Waals surface area contributed by atoms with Crippen LogP contribution in [0.3, 0.4) is 0 Å². The maximum Gasteiger partial charge on any atom is 0.348 e. The third kappa shape index (κ3) is 6.93. The minimum absolute atomic E-state index is 0.0187. The minimum Gasteiger partial charge on any atom is -0.507 e. The molecule has 2 amide bonds. The molecule has 0 aliphatic rings. The average molecular weight is 475 g/mol. The molecular weight excluding hydrogens is 456 g/mol. The molecule has 0 heterocycles. The molecule has 2 N–H and O–H groups in total. The van der Waals surface area contributed by atoms with Crippen molar-refractivity contribution < 1.29 is 19.8 Å². The van der Waals surface area contributed by atoms with E-state index in [1.807, 2.05) is 0 Å². The lowest BCUT2D eigenvalue weighted by molar-refractivity contribution is 0.0756. The molecule has 0 spiro atoms. The number of nitrogens with zero attached hydrogens (tertiary/aromatic N) is 8. The lowest BCUT2D eigenvalue weighted by Gasteiger charge is -2.13. The quantitative estimate of drug-likeness (QED) is 0.121. The maximum atomic E-state index is 12.4. The van der Waals surface area contributed by atoms with E-state index in [1.54, 1.807) is 24.3 Å². The van der Waals surface area contributed by atoms with Gasteiger partial charge in [0.15, 0.2) is 0 Å². The zero-order chi connectivity index (χ0) is 23.3. The van der Waals surface area contributed by atoms with Crippen molar-refractivity contribution in [2.45, 2.75) is 0 Å². The molecule has 0 saturated carbocycles. The number of benzene rings is 2. The van der Waals surface area contributed by atoms with Gasteiger partial charge >= 0.3 is 11.8 Å². The molecule has 0 aromatic heterocycles. The number of amides is 2. The molecule has 0 unspecified atom stereocenters. The fourth-order valence-electron chi connectivity index (χ4n) is 2.42. The van der Waals surface area contributed by atoms with E-state index in [-0.39, 0.29) is 35.7 Å². The molecule has 2 aromatic rings. The van der Waals surface area contributed by atoms with Crippen LogP contribution in [0.2, 0.25) is 0 Å². The van der Waals surface area contributed by atoms with E-state index < -0.39 is 11.8 Å². The Labute approximate surface area is 190 Å². The highest BCUT2D eigenvalue weighted by atomic mass is 33.1. The fraction of sp³-hybridized carbons (Fsp3) is 0.222. The van der Waals surface area contributed by atoms with Crippen LogP contribution in [0.4, 0.5) is 0 Å². The SMILES string of the molecule is [N-]=[N+]=NN(CCSSCCN(N=[N+]=[N-])C(=O)c1ccccc1O)C(=O)c1ccccc1O. The van der Waals surface area contributed by atoms with Crippen molar-refractivity contribution in [2.24, 2.45) is 10.4 Å². The van der Waals surface area contributed by atoms with Crippen LogP contribution < -0.4 is 0 Å². The number of aromatic hydroxyl groups is 2. The Kier molecular flexibility index (Phi) is 9.88. The third-order valence-corrected chi connectivity index (χ3v) is 6.26. The summed E-state index contributed by atoms with van der Waals surface area (Å²) < 4.78 is 0. The summed E-state index contributed by atoms with van der Waals surface area (Å²) in [5.74, 6) is -0.922. The number of carbonyl (C=O) groups is 2. The highest BCUT2D eigenvalue weighted by Gasteiger charge is 2.23. The summed E-state index contributed by atoms with van der Waals surface area (Å²) >= 11 is 0. The molecule has 0 saturated heterocycles. The van der Waals surface area contributed by atoms with E-state index in [0.29, 0.717) is 11.5 Å². The van der Waals surface area contributed by atoms with Crippen molar-refractivity contribution in [1.82, 2.24) is 10.0 Å². The highest BCUT2D eigenvalue weighted by Crippen LogP contribution is 2.24. The molecule has 0 fully saturated rings. The first-order chi connectivity index (χ1) is 15.5. The van der Waals surface area contributed by atoms with Gasteiger partial charge in [-0.25, -0.2) is 9.59 Å². The molecule has 2 aromatic carbocycles. The van der Waals surface area contributed by atoms with Crippen molar-refractivity contribution in [3.05, 3.63) is 80.5 Å². The second kappa shape index (κ2) is 12.9. The van der Waals surface area contributed by atoms with Crippen molar-refractivity contribution >= 4 is 33.4 Å². The predicted molar refractivity (Wildman–Crippen MR) is 121 cm³/mol. The summed E-state index contributed by atoms with van der Waals surface area (Å²) in [6.07, 6.45) is 0. The minimum atomic E-state index is -0.630. The Bertz CT molecular complexity index is 973. The van der Waals surface area contributed by atoms with Gasteiger partial charge in [0, 0.05) is 11.5 Å². The van der Waals surface area contributed by atoms with Gasteiger partial charge in [0.1, 0.15) is 35.7 Å². The first-order valence-corrected chi connectivity index (χ1v) is 11.5. The molecule has 0 atom stereocenters. The smallest absolute Gasteiger partial charge is 0.348 e. The molecule has 166 valence electrons. The van der Waals surface area contributed by atoms with Crippen LogP contribution in [0, 0.1) is 0 Å². The van der Waals surface area contributed by atoms with Gasteiger partial charge in [-0.1, -0.05) is 45.9 Å². The Balaban J connectivity index is 1.84. The zero-order valence-electron chi connectivity index (χ0n) is 16.6. The number of azide groups is 2. The van der Waals surface area contributed by atoms with Crippen molar-refractivity contribution in [3.63, 3.8) is 0 Å². The number of hydrogen-bond donors (Lipinski definition) is 2. The van der Waals surface area contributed by atoms with Crippen LogP contribution in [0.15, 0.2) is 59.0 Å². The fourth-order valence-corrected chi connectivity index (χ4v) is 4.31. The topological polar surface area (TPSA) is 179 Å². The van der Waals surface area contributed by atoms with Crippen molar-refractivity contribution in [1.29, 1.82) is 0 Å². The first-order valence-electron chi connectivity index (χ1n) is 9.03. The summed E-state index contributed by atoms with van der Waals surface area (Å²) in [5.41, 5.74) is 17.5. The summed E-state index contributed by atoms with van der Waals surface area (Å²) in [7, 11) is 2.70. The predicted octanol–water partition coefficient (Wildman–Crippen LogP) is 4.51. The number of phenols is 2. The third-order valence-electron chi connectivity index (χ3n) is 3.89. The van der Waals surface area contributed by atoms with Gasteiger partial charge in [-0.2, -0.15) is 19.8 Å². The highest BCUT2D eigenvalue weighted by molar-refractivity contribution is 8.76. The molecule has 2 rings (SSSR count). The monoisotopic (exact) mass is 474 g/mol. The number of para-hydroxylation sites is 2. The molecule has 0 radical (unpaired) electrons. The number of rotatable bonds is 11. The standard InChI is InChI=1S/C18H18N8O4S2/c19-21-23-25(17(29)13-5-1-3-7-15(13)27)9-11-31-32-12-10-26(24-22-20)18(30)14-6-2-4-8-16(14)28/h1-8,27-28H,9-12H2. The molecule has 14 heteroatoms. The van der Waals surface area contributed by atoms with Crippen LogP contribution in [0.1, 0.15) is 20.7 Å². The Morgan fingerprint density at radius 1 is 0.781 bits per heavy atom. The van der Waals surface area contributed by atoms with Crippen LogP contribution in [-0.2, 0) is 0 Å². The van der Waals surface area contributed by atoms with Gasteiger partial charge in [0.05, 0.1) is 0 Å². The van der Waals surface area contributed by atoms with E-state index in [0.717, 1.165) is 10.0 Å². The van der Waals surface area contributed by atoms with E-state index >= 15 is 0 Å². The second-order valence-corrected chi connectivity index (χ2v) is 8.59. The molecule has 0 aliphatic carbocycles. The zero-order valence-corrected chi connectivity index (χ0v) is 18.2. The Morgan fingerprint density at radius 2 is 1.16 bits per heavy atom. The van der Waals surface area contributed by atoms with Crippen LogP contribution in [-0.4, -0.2) is 56.6 Å². The molecular formula is C18H18N8O4S2. The molecule has 0 aliphatic heterocycles. The van der Waals surface area contributed by atoms with E-state index in [4.69, 9.17) is 11.1 Å². The van der Waals surface area contributed by atoms with Gasteiger partial charge in [0.2, 0.25) is 0 Å². The van der Waals surface area contributed by atoms with Gasteiger partial charge in [0.25, 0.3) is 0 Å². The van der Waals surface area contributed by atoms with Crippen LogP contribution >= 0.6 is 21.6 Å². The van der Waals surface area contributed by atoms with Crippen LogP contribution in [0.5, 0.6) is 11.5 Å². The summed E-state index contributed by atoms with van der Waals surface area (Å²) in [6, 6.07) is 11.9. The Morgan fingerprint density at radius 3 is 1.50 bits per heavy atom. The van der Waals surface area contributed by atoms with Crippen molar-refractivity contribution in [2.75, 3.05) is 24.6 Å². The number of hydrogen-bond acceptors (Lipinski definition) is 8. The summed E-state index contributed by atoms with van der Waals surface area (Å²) in [6.45, 7) is 0.178. The Hall–Kier alpha value is -3.70. The summed E-state index contributed by atoms with van der Waals surface area (Å²) in [4.78, 5) is 30.2. The molecule has 12 nitrogen and oxygen atoms in total. The maximum absolute atomic E-state index is 12.4. The van der Waals surface area contributed by atoms with E-state index in [2.05, 4.69) is 20.3 Å². The van der Waals surface area contributed by atoms with E-state index in [1.165, 1.54) is 45.9 Å². The van der Waals surface area contributed by atoms with Gasteiger partial charge in [-0.05, 0) is 34.7 Å². The van der Waals surface area contributed by atoms with Gasteiger partial charge in [-0.15, -0.1) is 11.1 Å². The molecule has 0 bridgehead atoms. The van der Waals surface area contributed by atoms with Gasteiger partial charge in [-0.3, -0.25) is 0 Å². The first kappa shape index (κ1) is 24.6. The lowest BCUT2D eigenvalue weighted by atomic mass is 10.2. The average Bonchev–Trinajstić information content (AvgIpc) is 2.79. The van der Waals surface area contributed by atoms with Crippen molar-refractivity contribution in [3.8, 4) is 11.5 Å². The number of phenolic OH excluding ortho intramolecular Hbond substituents is 2. The summed E-state index contributed by atoms with van der Waals surface area (Å²) in [5, 5.41) is 28.2. The normalized spacial score (nSPS) is 9.88. The largest absolute Gasteiger partial charge is 0.507 e. The second-order valence-electron chi connectivity index (χ2n) is 5.89. The van der Waals surface area contributed by atoms with E-state index in [9.17, 15) is 19.8 Å². The van der Waals surface area contributed by atoms with Crippen LogP contribution in [0.25, 0.3) is 20.9 Å². The van der Waals surface area contributed by atoms with Gasteiger partial charge < -0.3 is 10.2 Å². The molecule has 32 heavy (non-hydrogen) atoms. The lowest BCUT2D eigenvalue weighted by Crippen LogP contribution is -2.28.